The normalized spacial score (nSPS) is 11.6. The zero-order valence-corrected chi connectivity index (χ0v) is 10.1. The van der Waals surface area contributed by atoms with Crippen molar-refractivity contribution >= 4 is 9.84 Å². The molecule has 0 aliphatic carbocycles. The lowest BCUT2D eigenvalue weighted by Gasteiger charge is -1.95. The fourth-order valence-corrected chi connectivity index (χ4v) is 1.96. The highest BCUT2D eigenvalue weighted by Crippen LogP contribution is 2.12. The van der Waals surface area contributed by atoms with E-state index >= 15 is 0 Å². The van der Waals surface area contributed by atoms with Gasteiger partial charge < -0.3 is 4.42 Å². The summed E-state index contributed by atoms with van der Waals surface area (Å²) in [5.74, 6) is 0.267. The number of aromatic nitrogens is 2. The number of hydrogen-bond donors (Lipinski definition) is 0. The van der Waals surface area contributed by atoms with Gasteiger partial charge in [-0.3, -0.25) is 0 Å². The van der Waals surface area contributed by atoms with Gasteiger partial charge in [0.25, 0.3) is 0 Å². The van der Waals surface area contributed by atoms with Crippen molar-refractivity contribution in [3.63, 3.8) is 0 Å². The van der Waals surface area contributed by atoms with Crippen molar-refractivity contribution in [3.8, 4) is 0 Å². The van der Waals surface area contributed by atoms with Gasteiger partial charge in [-0.2, -0.15) is 0 Å². The molecule has 0 amide bonds. The van der Waals surface area contributed by atoms with Crippen LogP contribution in [0.3, 0.4) is 0 Å². The van der Waals surface area contributed by atoms with Gasteiger partial charge in [-0.05, 0) is 5.56 Å². The minimum atomic E-state index is -3.41. The molecule has 0 spiro atoms. The van der Waals surface area contributed by atoms with E-state index in [1.807, 2.05) is 30.3 Å². The summed E-state index contributed by atoms with van der Waals surface area (Å²) in [5.41, 5.74) is 0.997. The van der Waals surface area contributed by atoms with Crippen molar-refractivity contribution < 1.29 is 12.8 Å². The van der Waals surface area contributed by atoms with Crippen LogP contribution in [0.4, 0.5) is 0 Å². The van der Waals surface area contributed by atoms with Crippen LogP contribution in [0.15, 0.2) is 40.0 Å². The summed E-state index contributed by atoms with van der Waals surface area (Å²) in [6.07, 6.45) is 0.438. The van der Waals surface area contributed by atoms with Crippen molar-refractivity contribution in [3.05, 3.63) is 41.8 Å². The van der Waals surface area contributed by atoms with E-state index in [1.54, 1.807) is 0 Å². The van der Waals surface area contributed by atoms with Crippen LogP contribution < -0.4 is 0 Å². The third-order valence-electron chi connectivity index (χ3n) is 2.29. The van der Waals surface area contributed by atoms with Gasteiger partial charge in [0.1, 0.15) is 0 Å². The molecular weight excluding hydrogens is 240 g/mol. The summed E-state index contributed by atoms with van der Waals surface area (Å²) in [5, 5.41) is 6.98. The van der Waals surface area contributed by atoms with Crippen LogP contribution in [0.1, 0.15) is 18.4 Å². The molecule has 1 aromatic heterocycles. The van der Waals surface area contributed by atoms with Crippen molar-refractivity contribution in [1.29, 1.82) is 0 Å². The molecule has 0 saturated carbocycles. The van der Waals surface area contributed by atoms with E-state index in [2.05, 4.69) is 10.2 Å². The zero-order chi connectivity index (χ0) is 12.3. The monoisotopic (exact) mass is 252 g/mol. The van der Waals surface area contributed by atoms with Crippen molar-refractivity contribution in [1.82, 2.24) is 10.2 Å². The quantitative estimate of drug-likeness (QED) is 0.823. The average molecular weight is 252 g/mol. The first-order chi connectivity index (χ1) is 8.12. The first-order valence-corrected chi connectivity index (χ1v) is 6.86. The third kappa shape index (κ3) is 2.71. The van der Waals surface area contributed by atoms with Crippen LogP contribution in [-0.2, 0) is 16.3 Å². The molecule has 0 saturated heterocycles. The van der Waals surface area contributed by atoms with E-state index in [1.165, 1.54) is 6.92 Å². The van der Waals surface area contributed by atoms with E-state index in [0.717, 1.165) is 5.56 Å². The van der Waals surface area contributed by atoms with E-state index < -0.39 is 9.84 Å². The van der Waals surface area contributed by atoms with Crippen LogP contribution >= 0.6 is 0 Å². The first-order valence-electron chi connectivity index (χ1n) is 5.21. The molecular formula is C11H12N2O3S. The summed E-state index contributed by atoms with van der Waals surface area (Å²) in [4.78, 5) is 0. The Hall–Kier alpha value is -1.69. The van der Waals surface area contributed by atoms with Gasteiger partial charge in [-0.15, -0.1) is 5.10 Å². The van der Waals surface area contributed by atoms with Gasteiger partial charge in [0.15, 0.2) is 0 Å². The van der Waals surface area contributed by atoms with Gasteiger partial charge in [0.2, 0.25) is 15.7 Å². The number of benzene rings is 1. The standard InChI is InChI=1S/C11H12N2O3S/c1-2-17(14,15)11-13-12-10(16-11)8-9-6-4-3-5-7-9/h3-7H,2,8H2,1H3. The second kappa shape index (κ2) is 4.67. The molecule has 17 heavy (non-hydrogen) atoms. The maximum atomic E-state index is 11.5. The van der Waals surface area contributed by atoms with E-state index in [-0.39, 0.29) is 11.0 Å². The number of sulfone groups is 1. The second-order valence-electron chi connectivity index (χ2n) is 3.53. The van der Waals surface area contributed by atoms with Crippen LogP contribution in [0.5, 0.6) is 0 Å². The lowest BCUT2D eigenvalue weighted by Crippen LogP contribution is -2.03. The lowest BCUT2D eigenvalue weighted by molar-refractivity contribution is 0.402. The maximum Gasteiger partial charge on any atom is 0.335 e. The maximum absolute atomic E-state index is 11.5. The van der Waals surface area contributed by atoms with Gasteiger partial charge >= 0.3 is 5.22 Å². The molecule has 0 N–H and O–H groups in total. The smallest absolute Gasteiger partial charge is 0.335 e. The minimum absolute atomic E-state index is 0.0417. The third-order valence-corrected chi connectivity index (χ3v) is 3.75. The van der Waals surface area contributed by atoms with Crippen LogP contribution in [0.25, 0.3) is 0 Å². The first kappa shape index (κ1) is 11.8. The summed E-state index contributed by atoms with van der Waals surface area (Å²) in [6.45, 7) is 1.54. The average Bonchev–Trinajstić information content (AvgIpc) is 2.80. The Bertz CT molecular complexity index is 590. The summed E-state index contributed by atoms with van der Waals surface area (Å²) < 4.78 is 28.1. The van der Waals surface area contributed by atoms with Gasteiger partial charge in [-0.1, -0.05) is 42.4 Å². The summed E-state index contributed by atoms with van der Waals surface area (Å²) in [7, 11) is -3.41. The number of nitrogens with zero attached hydrogens (tertiary/aromatic N) is 2. The largest absolute Gasteiger partial charge is 0.412 e. The van der Waals surface area contributed by atoms with Crippen molar-refractivity contribution in [2.45, 2.75) is 18.6 Å². The Labute approximate surface area is 99.4 Å². The van der Waals surface area contributed by atoms with Crippen molar-refractivity contribution in [2.24, 2.45) is 0 Å². The molecule has 0 radical (unpaired) electrons. The van der Waals surface area contributed by atoms with E-state index in [9.17, 15) is 8.42 Å². The van der Waals surface area contributed by atoms with E-state index in [4.69, 9.17) is 4.42 Å². The minimum Gasteiger partial charge on any atom is -0.412 e. The van der Waals surface area contributed by atoms with Crippen LogP contribution in [0, 0.1) is 0 Å². The Balaban J connectivity index is 2.20. The molecule has 5 nitrogen and oxygen atoms in total. The SMILES string of the molecule is CCS(=O)(=O)c1nnc(Cc2ccccc2)o1. The predicted molar refractivity (Wildman–Crippen MR) is 61.3 cm³/mol. The molecule has 0 unspecified atom stereocenters. The highest BCUT2D eigenvalue weighted by Gasteiger charge is 2.19. The molecule has 6 heteroatoms. The Kier molecular flexibility index (Phi) is 3.23. The fraction of sp³-hybridized carbons (Fsp3) is 0.273. The lowest BCUT2D eigenvalue weighted by atomic mass is 10.2. The molecule has 90 valence electrons. The molecule has 1 heterocycles. The summed E-state index contributed by atoms with van der Waals surface area (Å²) >= 11 is 0. The Morgan fingerprint density at radius 2 is 1.88 bits per heavy atom. The molecule has 0 bridgehead atoms. The molecule has 2 aromatic rings. The highest BCUT2D eigenvalue weighted by molar-refractivity contribution is 7.91. The van der Waals surface area contributed by atoms with Gasteiger partial charge in [-0.25, -0.2) is 8.42 Å². The Morgan fingerprint density at radius 3 is 2.53 bits per heavy atom. The van der Waals surface area contributed by atoms with Crippen molar-refractivity contribution in [2.75, 3.05) is 5.75 Å². The number of rotatable bonds is 4. The Morgan fingerprint density at radius 1 is 1.18 bits per heavy atom. The van der Waals surface area contributed by atoms with Crippen LogP contribution in [-0.4, -0.2) is 24.4 Å². The molecule has 0 fully saturated rings. The molecule has 1 aromatic carbocycles. The number of hydrogen-bond acceptors (Lipinski definition) is 5. The topological polar surface area (TPSA) is 73.1 Å². The molecule has 0 aliphatic rings. The molecule has 0 aliphatic heterocycles. The molecule has 2 rings (SSSR count). The van der Waals surface area contributed by atoms with Crippen LogP contribution in [0.2, 0.25) is 0 Å². The zero-order valence-electron chi connectivity index (χ0n) is 9.33. The van der Waals surface area contributed by atoms with Gasteiger partial charge in [0, 0.05) is 0 Å². The predicted octanol–water partition coefficient (Wildman–Crippen LogP) is 1.45. The fourth-order valence-electron chi connectivity index (χ4n) is 1.33. The summed E-state index contributed by atoms with van der Waals surface area (Å²) in [6, 6.07) is 9.53. The highest BCUT2D eigenvalue weighted by atomic mass is 32.2. The molecule has 0 atom stereocenters. The van der Waals surface area contributed by atoms with Gasteiger partial charge in [0.05, 0.1) is 12.2 Å². The van der Waals surface area contributed by atoms with E-state index in [0.29, 0.717) is 12.3 Å². The second-order valence-corrected chi connectivity index (χ2v) is 5.68.